The Hall–Kier alpha value is -2.37. The number of benzene rings is 1. The number of hydrogen-bond donors (Lipinski definition) is 1. The molecule has 27 heavy (non-hydrogen) atoms. The number of likely N-dealkylation sites (tertiary alicyclic amines) is 1. The van der Waals surface area contributed by atoms with E-state index in [4.69, 9.17) is 4.42 Å². The summed E-state index contributed by atoms with van der Waals surface area (Å²) in [5, 5.41) is 2.89. The first-order chi connectivity index (χ1) is 12.8. The predicted molar refractivity (Wildman–Crippen MR) is 104 cm³/mol. The van der Waals surface area contributed by atoms with Gasteiger partial charge in [0.15, 0.2) is 11.5 Å². The van der Waals surface area contributed by atoms with Gasteiger partial charge < -0.3 is 14.6 Å². The highest BCUT2D eigenvalue weighted by Gasteiger charge is 2.27. The number of oxazole rings is 1. The van der Waals surface area contributed by atoms with Gasteiger partial charge in [-0.2, -0.15) is 0 Å². The van der Waals surface area contributed by atoms with Crippen molar-refractivity contribution in [3.63, 3.8) is 0 Å². The molecule has 0 spiro atoms. The zero-order chi connectivity index (χ0) is 19.4. The molecule has 1 aliphatic rings. The number of piperidine rings is 1. The first-order valence-corrected chi connectivity index (χ1v) is 9.76. The minimum atomic E-state index is -0.392. The molecule has 0 radical (unpaired) electrons. The zero-order valence-electron chi connectivity index (χ0n) is 16.5. The van der Waals surface area contributed by atoms with Crippen LogP contribution in [0.5, 0.6) is 0 Å². The second-order valence-corrected chi connectivity index (χ2v) is 8.28. The number of nitrogens with one attached hydrogen (secondary N) is 1. The van der Waals surface area contributed by atoms with E-state index in [1.165, 1.54) is 0 Å². The van der Waals surface area contributed by atoms with E-state index >= 15 is 0 Å². The van der Waals surface area contributed by atoms with Gasteiger partial charge >= 0.3 is 0 Å². The topological polar surface area (TPSA) is 75.4 Å². The van der Waals surface area contributed by atoms with Crippen molar-refractivity contribution >= 4 is 22.9 Å². The summed E-state index contributed by atoms with van der Waals surface area (Å²) < 4.78 is 5.88. The number of hydrogen-bond acceptors (Lipinski definition) is 4. The Morgan fingerprint density at radius 2 is 1.93 bits per heavy atom. The fourth-order valence-corrected chi connectivity index (χ4v) is 3.31. The van der Waals surface area contributed by atoms with Crippen molar-refractivity contribution in [3.05, 3.63) is 30.2 Å². The van der Waals surface area contributed by atoms with Crippen LogP contribution in [0.4, 0.5) is 0 Å². The van der Waals surface area contributed by atoms with Gasteiger partial charge in [0, 0.05) is 37.4 Å². The third-order valence-electron chi connectivity index (χ3n) is 5.04. The van der Waals surface area contributed by atoms with E-state index < -0.39 is 5.41 Å². The highest BCUT2D eigenvalue weighted by molar-refractivity contribution is 5.81. The smallest absolute Gasteiger partial charge is 0.225 e. The summed E-state index contributed by atoms with van der Waals surface area (Å²) in [6.45, 7) is 7.66. The van der Waals surface area contributed by atoms with E-state index in [2.05, 4.69) is 10.3 Å². The lowest BCUT2D eigenvalue weighted by atomic mass is 9.95. The van der Waals surface area contributed by atoms with Crippen molar-refractivity contribution in [3.8, 4) is 0 Å². The molecule has 6 heteroatoms. The largest absolute Gasteiger partial charge is 0.440 e. The SMILES string of the molecule is CC(C)(C)C(=O)NCCCC(=O)N1CCC(c2nc3ccccc3o2)CC1. The third kappa shape index (κ3) is 4.87. The van der Waals surface area contributed by atoms with Crippen molar-refractivity contribution in [2.45, 2.75) is 52.4 Å². The Morgan fingerprint density at radius 3 is 2.59 bits per heavy atom. The zero-order valence-corrected chi connectivity index (χ0v) is 16.5. The lowest BCUT2D eigenvalue weighted by Gasteiger charge is -2.30. The Balaban J connectivity index is 1.42. The van der Waals surface area contributed by atoms with Gasteiger partial charge in [-0.15, -0.1) is 0 Å². The van der Waals surface area contributed by atoms with Gasteiger partial charge in [-0.3, -0.25) is 9.59 Å². The number of fused-ring (bicyclic) bond motifs is 1. The molecule has 2 aromatic rings. The Labute approximate surface area is 160 Å². The molecule has 0 saturated carbocycles. The van der Waals surface area contributed by atoms with Crippen LogP contribution in [0, 0.1) is 5.41 Å². The van der Waals surface area contributed by atoms with Crippen LogP contribution in [0.3, 0.4) is 0 Å². The van der Waals surface area contributed by atoms with Crippen molar-refractivity contribution in [2.75, 3.05) is 19.6 Å². The average molecular weight is 371 g/mol. The number of para-hydroxylation sites is 2. The van der Waals surface area contributed by atoms with Crippen LogP contribution in [0.1, 0.15) is 58.3 Å². The van der Waals surface area contributed by atoms with E-state index in [1.807, 2.05) is 49.9 Å². The second-order valence-electron chi connectivity index (χ2n) is 8.28. The Kier molecular flexibility index (Phi) is 5.82. The van der Waals surface area contributed by atoms with Gasteiger partial charge in [-0.05, 0) is 31.4 Å². The molecule has 146 valence electrons. The maximum Gasteiger partial charge on any atom is 0.225 e. The van der Waals surface area contributed by atoms with Crippen LogP contribution in [0.2, 0.25) is 0 Å². The van der Waals surface area contributed by atoms with Crippen LogP contribution < -0.4 is 5.32 Å². The molecular formula is C21H29N3O3. The summed E-state index contributed by atoms with van der Waals surface area (Å²) in [5.74, 6) is 1.24. The molecule has 1 aromatic carbocycles. The normalized spacial score (nSPS) is 15.9. The monoisotopic (exact) mass is 371 g/mol. The second kappa shape index (κ2) is 8.11. The lowest BCUT2D eigenvalue weighted by Crippen LogP contribution is -2.39. The summed E-state index contributed by atoms with van der Waals surface area (Å²) in [4.78, 5) is 30.7. The molecule has 0 atom stereocenters. The van der Waals surface area contributed by atoms with Gasteiger partial charge in [-0.1, -0.05) is 32.9 Å². The standard InChI is InChI=1S/C21H29N3O3/c1-21(2,3)20(26)22-12-6-9-18(25)24-13-10-15(11-14-24)19-23-16-7-4-5-8-17(16)27-19/h4-5,7-8,15H,6,9-14H2,1-3H3,(H,22,26). The summed E-state index contributed by atoms with van der Waals surface area (Å²) in [5.41, 5.74) is 1.32. The van der Waals surface area contributed by atoms with Crippen LogP contribution in [0.25, 0.3) is 11.1 Å². The number of aromatic nitrogens is 1. The van der Waals surface area contributed by atoms with Gasteiger partial charge in [0.2, 0.25) is 11.8 Å². The number of carbonyl (C=O) groups excluding carboxylic acids is 2. The van der Waals surface area contributed by atoms with E-state index in [0.717, 1.165) is 42.9 Å². The van der Waals surface area contributed by atoms with Crippen molar-refractivity contribution < 1.29 is 14.0 Å². The van der Waals surface area contributed by atoms with E-state index in [-0.39, 0.29) is 17.7 Å². The van der Waals surface area contributed by atoms with E-state index in [9.17, 15) is 9.59 Å². The highest BCUT2D eigenvalue weighted by atomic mass is 16.3. The van der Waals surface area contributed by atoms with Crippen molar-refractivity contribution in [1.82, 2.24) is 15.2 Å². The minimum absolute atomic E-state index is 0.0223. The maximum absolute atomic E-state index is 12.4. The van der Waals surface area contributed by atoms with Gasteiger partial charge in [0.1, 0.15) is 5.52 Å². The molecule has 1 aromatic heterocycles. The summed E-state index contributed by atoms with van der Waals surface area (Å²) >= 11 is 0. The van der Waals surface area contributed by atoms with Crippen LogP contribution in [0.15, 0.2) is 28.7 Å². The maximum atomic E-state index is 12.4. The quantitative estimate of drug-likeness (QED) is 0.817. The van der Waals surface area contributed by atoms with Gasteiger partial charge in [0.25, 0.3) is 0 Å². The molecule has 2 amide bonds. The van der Waals surface area contributed by atoms with Crippen LogP contribution in [-0.2, 0) is 9.59 Å². The molecule has 0 unspecified atom stereocenters. The van der Waals surface area contributed by atoms with Crippen LogP contribution >= 0.6 is 0 Å². The highest BCUT2D eigenvalue weighted by Crippen LogP contribution is 2.30. The Morgan fingerprint density at radius 1 is 1.22 bits per heavy atom. The molecular weight excluding hydrogens is 342 g/mol. The number of amides is 2. The van der Waals surface area contributed by atoms with Crippen LogP contribution in [-0.4, -0.2) is 41.3 Å². The molecule has 1 saturated heterocycles. The summed E-state index contributed by atoms with van der Waals surface area (Å²) in [7, 11) is 0. The molecule has 2 heterocycles. The molecule has 1 aliphatic heterocycles. The molecule has 0 bridgehead atoms. The van der Waals surface area contributed by atoms with Crippen molar-refractivity contribution in [1.29, 1.82) is 0 Å². The minimum Gasteiger partial charge on any atom is -0.440 e. The van der Waals surface area contributed by atoms with Gasteiger partial charge in [0.05, 0.1) is 0 Å². The fraction of sp³-hybridized carbons (Fsp3) is 0.571. The third-order valence-corrected chi connectivity index (χ3v) is 5.04. The summed E-state index contributed by atoms with van der Waals surface area (Å²) in [6, 6.07) is 7.80. The number of carbonyl (C=O) groups is 2. The average Bonchev–Trinajstić information content (AvgIpc) is 3.08. The number of rotatable bonds is 5. The first kappa shape index (κ1) is 19.4. The first-order valence-electron chi connectivity index (χ1n) is 9.76. The molecule has 0 aliphatic carbocycles. The Bertz CT molecular complexity index is 765. The molecule has 3 rings (SSSR count). The fourth-order valence-electron chi connectivity index (χ4n) is 3.31. The lowest BCUT2D eigenvalue weighted by molar-refractivity contribution is -0.133. The molecule has 1 fully saturated rings. The van der Waals surface area contributed by atoms with E-state index in [1.54, 1.807) is 0 Å². The molecule has 6 nitrogen and oxygen atoms in total. The number of nitrogens with zero attached hydrogens (tertiary/aromatic N) is 2. The summed E-state index contributed by atoms with van der Waals surface area (Å²) in [6.07, 6.45) is 2.89. The molecule has 1 N–H and O–H groups in total. The van der Waals surface area contributed by atoms with Crippen molar-refractivity contribution in [2.24, 2.45) is 5.41 Å². The van der Waals surface area contributed by atoms with E-state index in [0.29, 0.717) is 19.4 Å². The van der Waals surface area contributed by atoms with Gasteiger partial charge in [-0.25, -0.2) is 4.98 Å². The predicted octanol–water partition coefficient (Wildman–Crippen LogP) is 3.48.